The predicted octanol–water partition coefficient (Wildman–Crippen LogP) is 16.7. The van der Waals surface area contributed by atoms with Gasteiger partial charge in [-0.1, -0.05) is 317 Å². The Bertz CT molecular complexity index is 1890. The van der Waals surface area contributed by atoms with Crippen molar-refractivity contribution in [1.82, 2.24) is 5.32 Å². The number of unbranched alkanes of at least 4 members (excludes halogenated alkanes) is 38. The molecule has 14 heteroatoms. The fourth-order valence-corrected chi connectivity index (χ4v) is 12.3. The minimum atomic E-state index is -1.79. The Hall–Kier alpha value is -2.83. The van der Waals surface area contributed by atoms with Gasteiger partial charge in [-0.25, -0.2) is 0 Å². The van der Waals surface area contributed by atoms with Crippen LogP contribution in [0.2, 0.25) is 0 Å². The second-order valence-electron chi connectivity index (χ2n) is 26.7. The SMILES string of the molecule is CC/C=C\C/C=C\C/C=C\C/C=C\C/C=C\CCCCCCCCCCCCCCCCCCCC(=O)NC(COC1OC(CO)C(OC2OC(CO)C(O)C(O)C2O)C(O)C1O)C(O)/C=C/CC/C=C/CCCCCCCCCCCCCCCCCCCCCC. The van der Waals surface area contributed by atoms with E-state index in [0.29, 0.717) is 12.8 Å². The molecule has 2 aliphatic rings. The van der Waals surface area contributed by atoms with Crippen LogP contribution in [0.25, 0.3) is 0 Å². The molecule has 9 N–H and O–H groups in total. The van der Waals surface area contributed by atoms with E-state index in [2.05, 4.69) is 92.1 Å². The van der Waals surface area contributed by atoms with Crippen LogP contribution in [0.4, 0.5) is 0 Å². The van der Waals surface area contributed by atoms with E-state index in [9.17, 15) is 45.6 Å². The molecular weight excluding hydrogens is 1170 g/mol. The van der Waals surface area contributed by atoms with E-state index < -0.39 is 86.8 Å². The Balaban J connectivity index is 1.65. The molecule has 2 saturated heterocycles. The smallest absolute Gasteiger partial charge is 0.220 e. The highest BCUT2D eigenvalue weighted by atomic mass is 16.7. The highest BCUT2D eigenvalue weighted by Gasteiger charge is 2.51. The summed E-state index contributed by atoms with van der Waals surface area (Å²) in [6.45, 7) is 2.71. The lowest BCUT2D eigenvalue weighted by Crippen LogP contribution is -2.65. The van der Waals surface area contributed by atoms with E-state index in [-0.39, 0.29) is 18.9 Å². The van der Waals surface area contributed by atoms with Crippen molar-refractivity contribution in [3.63, 3.8) is 0 Å². The summed E-state index contributed by atoms with van der Waals surface area (Å²) >= 11 is 0. The first-order valence-electron chi connectivity index (χ1n) is 38.3. The summed E-state index contributed by atoms with van der Waals surface area (Å²) in [5.41, 5.74) is 0. The van der Waals surface area contributed by atoms with Gasteiger partial charge in [0.1, 0.15) is 48.8 Å². The zero-order valence-corrected chi connectivity index (χ0v) is 59.0. The number of allylic oxidation sites excluding steroid dienone is 13. The molecule has 0 aromatic carbocycles. The molecule has 12 unspecified atom stereocenters. The van der Waals surface area contributed by atoms with Gasteiger partial charge in [0.2, 0.25) is 5.91 Å². The van der Waals surface area contributed by atoms with Crippen molar-refractivity contribution in [2.24, 2.45) is 0 Å². The van der Waals surface area contributed by atoms with Crippen LogP contribution in [0.3, 0.4) is 0 Å². The number of carbonyl (C=O) groups is 1. The van der Waals surface area contributed by atoms with Gasteiger partial charge in [-0.2, -0.15) is 0 Å². The minimum absolute atomic E-state index is 0.247. The third-order valence-corrected chi connectivity index (χ3v) is 18.3. The molecule has 0 saturated carbocycles. The van der Waals surface area contributed by atoms with E-state index in [1.54, 1.807) is 6.08 Å². The monoisotopic (exact) mass is 1310 g/mol. The van der Waals surface area contributed by atoms with E-state index >= 15 is 0 Å². The Morgan fingerprint density at radius 1 is 0.398 bits per heavy atom. The number of amides is 1. The molecule has 1 amide bonds. The molecule has 540 valence electrons. The molecule has 2 fully saturated rings. The number of ether oxygens (including phenoxy) is 4. The van der Waals surface area contributed by atoms with Gasteiger partial charge in [0.25, 0.3) is 0 Å². The molecule has 12 atom stereocenters. The third kappa shape index (κ3) is 46.1. The first-order valence-corrected chi connectivity index (χ1v) is 38.3. The summed E-state index contributed by atoms with van der Waals surface area (Å²) in [7, 11) is 0. The quantitative estimate of drug-likeness (QED) is 0.0204. The highest BCUT2D eigenvalue weighted by Crippen LogP contribution is 2.30. The van der Waals surface area contributed by atoms with Crippen molar-refractivity contribution in [1.29, 1.82) is 0 Å². The number of rotatable bonds is 63. The lowest BCUT2D eigenvalue weighted by Gasteiger charge is -2.46. The van der Waals surface area contributed by atoms with Crippen molar-refractivity contribution >= 4 is 5.91 Å². The second-order valence-corrected chi connectivity index (χ2v) is 26.7. The van der Waals surface area contributed by atoms with Crippen LogP contribution in [0.15, 0.2) is 85.1 Å². The third-order valence-electron chi connectivity index (χ3n) is 18.3. The van der Waals surface area contributed by atoms with Gasteiger partial charge in [0.05, 0.1) is 32.0 Å². The number of aliphatic hydroxyl groups excluding tert-OH is 8. The van der Waals surface area contributed by atoms with Gasteiger partial charge >= 0.3 is 0 Å². The largest absolute Gasteiger partial charge is 0.394 e. The molecule has 0 aromatic heterocycles. The minimum Gasteiger partial charge on any atom is -0.394 e. The highest BCUT2D eigenvalue weighted by molar-refractivity contribution is 5.76. The van der Waals surface area contributed by atoms with Gasteiger partial charge < -0.3 is 65.1 Å². The average molecular weight is 1310 g/mol. The van der Waals surface area contributed by atoms with Crippen LogP contribution in [-0.4, -0.2) is 140 Å². The molecule has 0 aromatic rings. The molecule has 0 aliphatic carbocycles. The topological polar surface area (TPSA) is 228 Å². The summed E-state index contributed by atoms with van der Waals surface area (Å²) in [6.07, 6.45) is 70.8. The summed E-state index contributed by atoms with van der Waals surface area (Å²) in [5.74, 6) is -0.247. The van der Waals surface area contributed by atoms with E-state index in [1.807, 2.05) is 6.08 Å². The lowest BCUT2D eigenvalue weighted by atomic mass is 9.97. The maximum Gasteiger partial charge on any atom is 0.220 e. The van der Waals surface area contributed by atoms with Crippen LogP contribution in [0, 0.1) is 0 Å². The molecule has 2 heterocycles. The Labute approximate surface area is 567 Å². The van der Waals surface area contributed by atoms with Crippen LogP contribution in [0.1, 0.15) is 316 Å². The number of carbonyl (C=O) groups excluding carboxylic acids is 1. The summed E-state index contributed by atoms with van der Waals surface area (Å²) in [6, 6.07) is -0.936. The number of nitrogens with one attached hydrogen (secondary N) is 1. The van der Waals surface area contributed by atoms with Crippen LogP contribution in [0.5, 0.6) is 0 Å². The van der Waals surface area contributed by atoms with Crippen LogP contribution >= 0.6 is 0 Å². The van der Waals surface area contributed by atoms with Crippen molar-refractivity contribution in [3.8, 4) is 0 Å². The molecule has 0 radical (unpaired) electrons. The first-order chi connectivity index (χ1) is 45.6. The van der Waals surface area contributed by atoms with Crippen molar-refractivity contribution in [2.45, 2.75) is 389 Å². The summed E-state index contributed by atoms with van der Waals surface area (Å²) in [5, 5.41) is 87.6. The van der Waals surface area contributed by atoms with Crippen LogP contribution < -0.4 is 5.32 Å². The fraction of sp³-hybridized carbons (Fsp3) is 0.810. The molecule has 0 bridgehead atoms. The normalized spacial score (nSPS) is 23.0. The van der Waals surface area contributed by atoms with E-state index in [4.69, 9.17) is 18.9 Å². The molecule has 2 rings (SSSR count). The van der Waals surface area contributed by atoms with Crippen molar-refractivity contribution < 1.29 is 64.6 Å². The molecule has 93 heavy (non-hydrogen) atoms. The standard InChI is InChI=1S/C79H141NO13/c1-3-5-7-9-11-13-15-17-19-21-23-25-27-29-31-32-33-34-35-36-37-39-41-43-45-47-49-51-53-55-57-59-61-63-71(84)80-67(66-90-78-76(89)74(87)77(70(65-82)92-78)93-79-75(88)73(86)72(85)69(64-81)91-79)68(83)62-60-58-56-54-52-50-48-46-44-42-40-38-30-28-26-24-22-20-18-16-14-12-10-8-6-4-2/h5,7,11,13,17,19,23,25,29,31,52,54,60,62,67-70,72-79,81-83,85-89H,3-4,6,8-10,12,14-16,18,20-22,24,26-28,30,32-51,53,55-59,61,63-66H2,1-2H3,(H,80,84)/b7-5-,13-11-,19-17-,25-23-,31-29-,54-52+,62-60+. The summed E-state index contributed by atoms with van der Waals surface area (Å²) in [4.78, 5) is 13.4. The number of aliphatic hydroxyl groups is 8. The average Bonchev–Trinajstić information content (AvgIpc) is 0.852. The van der Waals surface area contributed by atoms with Crippen molar-refractivity contribution in [2.75, 3.05) is 19.8 Å². The Morgan fingerprint density at radius 3 is 1.18 bits per heavy atom. The molecular formula is C79H141NO13. The summed E-state index contributed by atoms with van der Waals surface area (Å²) < 4.78 is 22.9. The predicted molar refractivity (Wildman–Crippen MR) is 383 cm³/mol. The second kappa shape index (κ2) is 62.7. The number of hydrogen-bond acceptors (Lipinski definition) is 13. The Kier molecular flexibility index (Phi) is 58.1. The number of hydrogen-bond donors (Lipinski definition) is 9. The zero-order chi connectivity index (χ0) is 67.3. The van der Waals surface area contributed by atoms with Gasteiger partial charge in [0, 0.05) is 6.42 Å². The fourth-order valence-electron chi connectivity index (χ4n) is 12.3. The van der Waals surface area contributed by atoms with E-state index in [0.717, 1.165) is 64.2 Å². The first kappa shape index (κ1) is 86.3. The van der Waals surface area contributed by atoms with E-state index in [1.165, 1.54) is 218 Å². The van der Waals surface area contributed by atoms with Crippen molar-refractivity contribution in [3.05, 3.63) is 85.1 Å². The van der Waals surface area contributed by atoms with Gasteiger partial charge in [-0.3, -0.25) is 4.79 Å². The molecule has 14 nitrogen and oxygen atoms in total. The van der Waals surface area contributed by atoms with Gasteiger partial charge in [-0.15, -0.1) is 0 Å². The van der Waals surface area contributed by atoms with Crippen LogP contribution in [-0.2, 0) is 23.7 Å². The van der Waals surface area contributed by atoms with Gasteiger partial charge in [-0.05, 0) is 77.0 Å². The maximum absolute atomic E-state index is 13.4. The lowest BCUT2D eigenvalue weighted by molar-refractivity contribution is -0.359. The Morgan fingerprint density at radius 2 is 0.753 bits per heavy atom. The molecule has 2 aliphatic heterocycles. The zero-order valence-electron chi connectivity index (χ0n) is 59.0. The maximum atomic E-state index is 13.4. The van der Waals surface area contributed by atoms with Gasteiger partial charge in [0.15, 0.2) is 12.6 Å². The molecule has 0 spiro atoms.